The summed E-state index contributed by atoms with van der Waals surface area (Å²) in [6.45, 7) is 2.69. The Morgan fingerprint density at radius 1 is 1.30 bits per heavy atom. The zero-order valence-electron chi connectivity index (χ0n) is 11.4. The molecule has 106 valence electrons. The summed E-state index contributed by atoms with van der Waals surface area (Å²) in [5.74, 6) is 0.226. The number of hydrogen-bond acceptors (Lipinski definition) is 4. The fraction of sp³-hybridized carbons (Fsp3) is 0.533. The molecule has 0 radical (unpaired) electrons. The lowest BCUT2D eigenvalue weighted by Gasteiger charge is -2.36. The third kappa shape index (κ3) is 1.73. The molecule has 2 fully saturated rings. The predicted molar refractivity (Wildman–Crippen MR) is 77.3 cm³/mol. The summed E-state index contributed by atoms with van der Waals surface area (Å²) in [5, 5.41) is 0. The maximum atomic E-state index is 14.2. The monoisotopic (exact) mass is 274 g/mol. The minimum atomic E-state index is -0.225. The fourth-order valence-electron chi connectivity index (χ4n) is 3.58. The smallest absolute Gasteiger partial charge is 0.196 e. The standard InChI is InChI=1S/C15H19FN4/c16-12-3-1-2-4-13(12)20-14(17)18-9-15(20)7-8-19(10-15)11-5-6-11/h1-4,11H,5-10H2,(H2,17,18). The number of anilines is 1. The first-order valence-electron chi connectivity index (χ1n) is 7.28. The second-order valence-corrected chi connectivity index (χ2v) is 6.14. The Kier molecular flexibility index (Phi) is 2.54. The molecule has 0 bridgehead atoms. The Hall–Kier alpha value is -1.62. The Morgan fingerprint density at radius 2 is 2.10 bits per heavy atom. The van der Waals surface area contributed by atoms with E-state index in [1.165, 1.54) is 18.9 Å². The maximum Gasteiger partial charge on any atom is 0.196 e. The van der Waals surface area contributed by atoms with Crippen LogP contribution in [0.1, 0.15) is 19.3 Å². The second kappa shape index (κ2) is 4.19. The lowest BCUT2D eigenvalue weighted by atomic mass is 9.96. The topological polar surface area (TPSA) is 44.9 Å². The van der Waals surface area contributed by atoms with E-state index in [1.54, 1.807) is 12.1 Å². The Balaban J connectivity index is 1.69. The normalized spacial score (nSPS) is 30.2. The van der Waals surface area contributed by atoms with Gasteiger partial charge in [-0.25, -0.2) is 4.39 Å². The number of likely N-dealkylation sites (tertiary alicyclic amines) is 1. The Bertz CT molecular complexity index is 569. The summed E-state index contributed by atoms with van der Waals surface area (Å²) in [6, 6.07) is 7.58. The number of halogens is 1. The average Bonchev–Trinajstić information content (AvgIpc) is 3.14. The van der Waals surface area contributed by atoms with Crippen LogP contribution >= 0.6 is 0 Å². The van der Waals surface area contributed by atoms with E-state index < -0.39 is 0 Å². The lowest BCUT2D eigenvalue weighted by Crippen LogP contribution is -2.54. The first kappa shape index (κ1) is 12.1. The van der Waals surface area contributed by atoms with Gasteiger partial charge in [0.25, 0.3) is 0 Å². The highest BCUT2D eigenvalue weighted by atomic mass is 19.1. The van der Waals surface area contributed by atoms with Gasteiger partial charge in [0.1, 0.15) is 5.82 Å². The molecule has 1 spiro atoms. The number of hydrogen-bond donors (Lipinski definition) is 1. The molecule has 1 aliphatic carbocycles. The summed E-state index contributed by atoms with van der Waals surface area (Å²) in [6.07, 6.45) is 3.60. The van der Waals surface area contributed by atoms with Crippen molar-refractivity contribution in [3.63, 3.8) is 0 Å². The molecule has 2 N–H and O–H groups in total. The van der Waals surface area contributed by atoms with Gasteiger partial charge in [-0.2, -0.15) is 0 Å². The molecule has 4 nitrogen and oxygen atoms in total. The van der Waals surface area contributed by atoms with E-state index >= 15 is 0 Å². The van der Waals surface area contributed by atoms with E-state index in [1.807, 2.05) is 11.0 Å². The van der Waals surface area contributed by atoms with Crippen LogP contribution in [0.2, 0.25) is 0 Å². The van der Waals surface area contributed by atoms with Crippen LogP contribution in [0.15, 0.2) is 29.3 Å². The van der Waals surface area contributed by atoms with Crippen molar-refractivity contribution in [1.29, 1.82) is 0 Å². The first-order chi connectivity index (χ1) is 9.70. The van der Waals surface area contributed by atoms with Crippen molar-refractivity contribution >= 4 is 11.6 Å². The van der Waals surface area contributed by atoms with E-state index in [2.05, 4.69) is 9.89 Å². The Morgan fingerprint density at radius 3 is 2.85 bits per heavy atom. The molecule has 0 aromatic heterocycles. The lowest BCUT2D eigenvalue weighted by molar-refractivity contribution is 0.306. The van der Waals surface area contributed by atoms with Crippen LogP contribution in [-0.4, -0.2) is 42.1 Å². The van der Waals surface area contributed by atoms with Crippen LogP contribution < -0.4 is 10.6 Å². The molecule has 3 aliphatic rings. The van der Waals surface area contributed by atoms with Crippen LogP contribution in [0.5, 0.6) is 0 Å². The average molecular weight is 274 g/mol. The number of rotatable bonds is 2. The van der Waals surface area contributed by atoms with Crippen molar-refractivity contribution in [3.05, 3.63) is 30.1 Å². The van der Waals surface area contributed by atoms with Crippen LogP contribution in [0.3, 0.4) is 0 Å². The molecule has 1 aromatic rings. The van der Waals surface area contributed by atoms with Crippen LogP contribution in [0, 0.1) is 5.82 Å². The molecule has 2 aliphatic heterocycles. The molecular weight excluding hydrogens is 255 g/mol. The van der Waals surface area contributed by atoms with E-state index in [-0.39, 0.29) is 11.4 Å². The molecule has 5 heteroatoms. The van der Waals surface area contributed by atoms with Crippen LogP contribution in [-0.2, 0) is 0 Å². The molecule has 1 atom stereocenters. The number of benzene rings is 1. The van der Waals surface area contributed by atoms with Gasteiger partial charge >= 0.3 is 0 Å². The van der Waals surface area contributed by atoms with E-state index in [0.29, 0.717) is 18.2 Å². The second-order valence-electron chi connectivity index (χ2n) is 6.14. The molecule has 20 heavy (non-hydrogen) atoms. The molecule has 1 aromatic carbocycles. The zero-order chi connectivity index (χ0) is 13.7. The Labute approximate surface area is 118 Å². The molecule has 1 saturated heterocycles. The molecule has 2 heterocycles. The molecular formula is C15H19FN4. The number of guanidine groups is 1. The molecule has 1 saturated carbocycles. The van der Waals surface area contributed by atoms with Gasteiger partial charge in [-0.3, -0.25) is 9.89 Å². The number of aliphatic imine (C=N–C) groups is 1. The van der Waals surface area contributed by atoms with Gasteiger partial charge in [0.15, 0.2) is 5.96 Å². The van der Waals surface area contributed by atoms with E-state index in [9.17, 15) is 4.39 Å². The van der Waals surface area contributed by atoms with Crippen molar-refractivity contribution in [3.8, 4) is 0 Å². The summed E-state index contributed by atoms with van der Waals surface area (Å²) < 4.78 is 14.2. The SMILES string of the molecule is NC1=NCC2(CCN(C3CC3)C2)N1c1ccccc1F. The number of nitrogens with two attached hydrogens (primary N) is 1. The van der Waals surface area contributed by atoms with Crippen LogP contribution in [0.4, 0.5) is 10.1 Å². The van der Waals surface area contributed by atoms with E-state index in [0.717, 1.165) is 25.6 Å². The van der Waals surface area contributed by atoms with Gasteiger partial charge < -0.3 is 10.6 Å². The van der Waals surface area contributed by atoms with Gasteiger partial charge in [-0.05, 0) is 31.4 Å². The highest BCUT2D eigenvalue weighted by molar-refractivity contribution is 5.98. The van der Waals surface area contributed by atoms with Crippen molar-refractivity contribution in [2.75, 3.05) is 24.5 Å². The quantitative estimate of drug-likeness (QED) is 0.890. The van der Waals surface area contributed by atoms with Gasteiger partial charge in [-0.1, -0.05) is 12.1 Å². The van der Waals surface area contributed by atoms with Gasteiger partial charge in [0, 0.05) is 19.1 Å². The molecule has 0 amide bonds. The van der Waals surface area contributed by atoms with Crippen LogP contribution in [0.25, 0.3) is 0 Å². The summed E-state index contributed by atoms with van der Waals surface area (Å²) in [5.41, 5.74) is 6.48. The van der Waals surface area contributed by atoms with Crippen molar-refractivity contribution in [1.82, 2.24) is 4.90 Å². The largest absolute Gasteiger partial charge is 0.369 e. The fourth-order valence-corrected chi connectivity index (χ4v) is 3.58. The van der Waals surface area contributed by atoms with Crippen molar-refractivity contribution < 1.29 is 4.39 Å². The summed E-state index contributed by atoms with van der Waals surface area (Å²) in [4.78, 5) is 8.86. The number of para-hydroxylation sites is 1. The van der Waals surface area contributed by atoms with Gasteiger partial charge in [-0.15, -0.1) is 0 Å². The third-order valence-corrected chi connectivity index (χ3v) is 4.76. The van der Waals surface area contributed by atoms with Crippen molar-refractivity contribution in [2.45, 2.75) is 30.8 Å². The molecule has 4 rings (SSSR count). The maximum absolute atomic E-state index is 14.2. The van der Waals surface area contributed by atoms with Gasteiger partial charge in [0.05, 0.1) is 17.8 Å². The first-order valence-corrected chi connectivity index (χ1v) is 7.28. The van der Waals surface area contributed by atoms with Crippen molar-refractivity contribution in [2.24, 2.45) is 10.7 Å². The zero-order valence-corrected chi connectivity index (χ0v) is 11.4. The highest BCUT2D eigenvalue weighted by Crippen LogP contribution is 2.40. The van der Waals surface area contributed by atoms with Gasteiger partial charge in [0.2, 0.25) is 0 Å². The van der Waals surface area contributed by atoms with E-state index in [4.69, 9.17) is 5.73 Å². The predicted octanol–water partition coefficient (Wildman–Crippen LogP) is 1.57. The minimum absolute atomic E-state index is 0.144. The summed E-state index contributed by atoms with van der Waals surface area (Å²) >= 11 is 0. The molecule has 1 unspecified atom stereocenters. The third-order valence-electron chi connectivity index (χ3n) is 4.76. The highest BCUT2D eigenvalue weighted by Gasteiger charge is 2.50. The summed E-state index contributed by atoms with van der Waals surface area (Å²) in [7, 11) is 0. The number of nitrogens with zero attached hydrogens (tertiary/aromatic N) is 3. The minimum Gasteiger partial charge on any atom is -0.369 e.